The van der Waals surface area contributed by atoms with Crippen molar-refractivity contribution in [3.63, 3.8) is 0 Å². The van der Waals surface area contributed by atoms with Crippen molar-refractivity contribution in [2.45, 2.75) is 32.2 Å². The molecule has 0 saturated carbocycles. The summed E-state index contributed by atoms with van der Waals surface area (Å²) in [7, 11) is 0. The lowest BCUT2D eigenvalue weighted by Gasteiger charge is -2.27. The molecule has 2 unspecified atom stereocenters. The van der Waals surface area contributed by atoms with Crippen LogP contribution in [0.4, 0.5) is 0 Å². The molecule has 2 heterocycles. The average Bonchev–Trinajstić information content (AvgIpc) is 2.71. The SMILES string of the molecule is Cc1c(Cl)cc(C(=O)N2CC3CCCC(C2)C(=O)N3)cc1Cl. The zero-order valence-corrected chi connectivity index (χ0v) is 13.9. The third-order valence-corrected chi connectivity index (χ3v) is 5.30. The molecule has 0 radical (unpaired) electrons. The number of benzene rings is 1. The van der Waals surface area contributed by atoms with Crippen molar-refractivity contribution < 1.29 is 9.59 Å². The van der Waals surface area contributed by atoms with E-state index in [1.54, 1.807) is 17.0 Å². The minimum Gasteiger partial charge on any atom is -0.351 e. The van der Waals surface area contributed by atoms with E-state index in [9.17, 15) is 9.59 Å². The van der Waals surface area contributed by atoms with Crippen LogP contribution in [0, 0.1) is 12.8 Å². The van der Waals surface area contributed by atoms with E-state index in [0.717, 1.165) is 24.8 Å². The number of nitrogens with zero attached hydrogens (tertiary/aromatic N) is 1. The molecule has 1 aromatic carbocycles. The minimum absolute atomic E-state index is 0.0420. The largest absolute Gasteiger partial charge is 0.351 e. The van der Waals surface area contributed by atoms with Crippen molar-refractivity contribution in [1.29, 1.82) is 0 Å². The van der Waals surface area contributed by atoms with Gasteiger partial charge in [0.05, 0.1) is 5.92 Å². The molecule has 3 rings (SSSR count). The van der Waals surface area contributed by atoms with E-state index in [1.807, 2.05) is 6.92 Å². The number of hydrogen-bond acceptors (Lipinski definition) is 2. The predicted octanol–water partition coefficient (Wildman–Crippen LogP) is 3.04. The molecular weight excluding hydrogens is 323 g/mol. The van der Waals surface area contributed by atoms with Gasteiger partial charge in [-0.2, -0.15) is 0 Å². The standard InChI is InChI=1S/C16H18Cl2N2O2/c1-9-13(17)5-11(6-14(9)18)16(22)20-7-10-3-2-4-12(8-20)19-15(10)21/h5-6,10,12H,2-4,7-8H2,1H3,(H,19,21). The van der Waals surface area contributed by atoms with Gasteiger partial charge in [0.2, 0.25) is 5.91 Å². The lowest BCUT2D eigenvalue weighted by atomic mass is 9.98. The van der Waals surface area contributed by atoms with E-state index in [-0.39, 0.29) is 23.8 Å². The van der Waals surface area contributed by atoms with Crippen LogP contribution in [0.3, 0.4) is 0 Å². The maximum atomic E-state index is 12.8. The van der Waals surface area contributed by atoms with Crippen LogP contribution in [0.1, 0.15) is 35.2 Å². The fraction of sp³-hybridized carbons (Fsp3) is 0.500. The summed E-state index contributed by atoms with van der Waals surface area (Å²) in [4.78, 5) is 26.6. The molecule has 118 valence electrons. The second kappa shape index (κ2) is 6.09. The lowest BCUT2D eigenvalue weighted by molar-refractivity contribution is -0.124. The second-order valence-corrected chi connectivity index (χ2v) is 6.92. The maximum absolute atomic E-state index is 12.8. The van der Waals surface area contributed by atoms with Crippen LogP contribution in [-0.4, -0.2) is 35.8 Å². The van der Waals surface area contributed by atoms with Crippen LogP contribution in [0.2, 0.25) is 10.0 Å². The number of likely N-dealkylation sites (tertiary alicyclic amines) is 1. The fourth-order valence-electron chi connectivity index (χ4n) is 3.17. The van der Waals surface area contributed by atoms with Gasteiger partial charge in [0, 0.05) is 34.7 Å². The number of carbonyl (C=O) groups excluding carboxylic acids is 2. The topological polar surface area (TPSA) is 49.4 Å². The lowest BCUT2D eigenvalue weighted by Crippen LogP contribution is -2.41. The molecule has 1 aromatic rings. The Morgan fingerprint density at radius 1 is 1.23 bits per heavy atom. The predicted molar refractivity (Wildman–Crippen MR) is 86.4 cm³/mol. The van der Waals surface area contributed by atoms with Gasteiger partial charge in [0.25, 0.3) is 5.91 Å². The Bertz CT molecular complexity index is 610. The third kappa shape index (κ3) is 2.95. The van der Waals surface area contributed by atoms with Gasteiger partial charge in [0.1, 0.15) is 0 Å². The maximum Gasteiger partial charge on any atom is 0.254 e. The molecule has 22 heavy (non-hydrogen) atoms. The van der Waals surface area contributed by atoms with Crippen LogP contribution < -0.4 is 5.32 Å². The Balaban J connectivity index is 1.87. The zero-order valence-electron chi connectivity index (χ0n) is 12.4. The summed E-state index contributed by atoms with van der Waals surface area (Å²) in [6.45, 7) is 2.83. The molecule has 0 aromatic heterocycles. The van der Waals surface area contributed by atoms with E-state index in [2.05, 4.69) is 5.32 Å². The Hall–Kier alpha value is -1.26. The fourth-order valence-corrected chi connectivity index (χ4v) is 3.65. The van der Waals surface area contributed by atoms with Crippen molar-refractivity contribution in [2.75, 3.05) is 13.1 Å². The molecule has 4 nitrogen and oxygen atoms in total. The first-order valence-electron chi connectivity index (χ1n) is 7.51. The molecule has 2 saturated heterocycles. The molecule has 2 bridgehead atoms. The summed E-state index contributed by atoms with van der Waals surface area (Å²) in [6, 6.07) is 3.35. The first-order chi connectivity index (χ1) is 10.5. The summed E-state index contributed by atoms with van der Waals surface area (Å²) in [6.07, 6.45) is 2.78. The number of halogens is 2. The number of carbonyl (C=O) groups is 2. The highest BCUT2D eigenvalue weighted by Crippen LogP contribution is 2.28. The second-order valence-electron chi connectivity index (χ2n) is 6.11. The summed E-state index contributed by atoms with van der Waals surface area (Å²) < 4.78 is 0. The highest BCUT2D eigenvalue weighted by Gasteiger charge is 2.34. The van der Waals surface area contributed by atoms with Gasteiger partial charge >= 0.3 is 0 Å². The highest BCUT2D eigenvalue weighted by molar-refractivity contribution is 6.36. The Labute approximate surface area is 139 Å². The van der Waals surface area contributed by atoms with Crippen molar-refractivity contribution in [3.05, 3.63) is 33.3 Å². The summed E-state index contributed by atoms with van der Waals surface area (Å²) in [5.41, 5.74) is 1.25. The Morgan fingerprint density at radius 2 is 1.91 bits per heavy atom. The Morgan fingerprint density at radius 3 is 2.59 bits per heavy atom. The van der Waals surface area contributed by atoms with Gasteiger partial charge in [-0.1, -0.05) is 29.6 Å². The van der Waals surface area contributed by atoms with Crippen molar-refractivity contribution >= 4 is 35.0 Å². The number of hydrogen-bond donors (Lipinski definition) is 1. The van der Waals surface area contributed by atoms with Gasteiger partial charge in [-0.25, -0.2) is 0 Å². The van der Waals surface area contributed by atoms with Crippen molar-refractivity contribution in [1.82, 2.24) is 10.2 Å². The molecule has 0 spiro atoms. The molecule has 2 amide bonds. The van der Waals surface area contributed by atoms with Crippen LogP contribution in [-0.2, 0) is 4.79 Å². The zero-order chi connectivity index (χ0) is 15.9. The number of nitrogens with one attached hydrogen (secondary N) is 1. The smallest absolute Gasteiger partial charge is 0.254 e. The highest BCUT2D eigenvalue weighted by atomic mass is 35.5. The third-order valence-electron chi connectivity index (χ3n) is 4.52. The number of amides is 2. The van der Waals surface area contributed by atoms with Gasteiger partial charge in [0.15, 0.2) is 0 Å². The molecule has 6 heteroatoms. The number of rotatable bonds is 1. The molecular formula is C16H18Cl2N2O2. The van der Waals surface area contributed by atoms with Gasteiger partial charge in [-0.05, 0) is 37.5 Å². The quantitative estimate of drug-likeness (QED) is 0.854. The molecule has 2 fully saturated rings. The van der Waals surface area contributed by atoms with E-state index >= 15 is 0 Å². The van der Waals surface area contributed by atoms with E-state index in [4.69, 9.17) is 23.2 Å². The van der Waals surface area contributed by atoms with Crippen LogP contribution in [0.5, 0.6) is 0 Å². The monoisotopic (exact) mass is 340 g/mol. The first kappa shape index (κ1) is 15.6. The van der Waals surface area contributed by atoms with Gasteiger partial charge in [-0.3, -0.25) is 9.59 Å². The van der Waals surface area contributed by atoms with Gasteiger partial charge in [-0.15, -0.1) is 0 Å². The number of fused-ring (bicyclic) bond motifs is 3. The first-order valence-corrected chi connectivity index (χ1v) is 8.26. The average molecular weight is 341 g/mol. The van der Waals surface area contributed by atoms with E-state index in [0.29, 0.717) is 28.7 Å². The minimum atomic E-state index is -0.118. The van der Waals surface area contributed by atoms with Gasteiger partial charge < -0.3 is 10.2 Å². The molecule has 2 atom stereocenters. The summed E-state index contributed by atoms with van der Waals surface area (Å²) >= 11 is 12.3. The summed E-state index contributed by atoms with van der Waals surface area (Å²) in [5.74, 6) is -0.164. The van der Waals surface area contributed by atoms with Crippen molar-refractivity contribution in [2.24, 2.45) is 5.92 Å². The molecule has 0 aliphatic carbocycles. The van der Waals surface area contributed by atoms with E-state index < -0.39 is 0 Å². The summed E-state index contributed by atoms with van der Waals surface area (Å²) in [5, 5.41) is 4.00. The Kier molecular flexibility index (Phi) is 4.33. The van der Waals surface area contributed by atoms with Crippen molar-refractivity contribution in [3.8, 4) is 0 Å². The van der Waals surface area contributed by atoms with Crippen LogP contribution >= 0.6 is 23.2 Å². The molecule has 2 aliphatic rings. The molecule has 2 aliphatic heterocycles. The van der Waals surface area contributed by atoms with E-state index in [1.165, 1.54) is 0 Å². The molecule has 1 N–H and O–H groups in total. The normalized spacial score (nSPS) is 24.7. The van der Waals surface area contributed by atoms with Crippen LogP contribution in [0.25, 0.3) is 0 Å². The van der Waals surface area contributed by atoms with Crippen LogP contribution in [0.15, 0.2) is 12.1 Å².